The Morgan fingerprint density at radius 3 is 2.40 bits per heavy atom. The van der Waals surface area contributed by atoms with Gasteiger partial charge in [0.15, 0.2) is 0 Å². The zero-order valence-corrected chi connectivity index (χ0v) is 10.1. The molecule has 88 valence electrons. The van der Waals surface area contributed by atoms with Crippen LogP contribution in [0.15, 0.2) is 0 Å². The highest BCUT2D eigenvalue weighted by Crippen LogP contribution is 2.29. The third-order valence-electron chi connectivity index (χ3n) is 3.77. The Balaban J connectivity index is 1.82. The summed E-state index contributed by atoms with van der Waals surface area (Å²) in [5, 5.41) is 0. The van der Waals surface area contributed by atoms with Gasteiger partial charge in [-0.15, -0.1) is 0 Å². The lowest BCUT2D eigenvalue weighted by Gasteiger charge is -2.41. The van der Waals surface area contributed by atoms with Crippen LogP contribution in [0.4, 0.5) is 4.39 Å². The summed E-state index contributed by atoms with van der Waals surface area (Å²) in [6.07, 6.45) is 3.83. The van der Waals surface area contributed by atoms with Crippen molar-refractivity contribution in [3.8, 4) is 0 Å². The highest BCUT2D eigenvalue weighted by molar-refractivity contribution is 7.99. The van der Waals surface area contributed by atoms with Crippen LogP contribution >= 0.6 is 11.8 Å². The van der Waals surface area contributed by atoms with Crippen molar-refractivity contribution >= 4 is 11.8 Å². The lowest BCUT2D eigenvalue weighted by atomic mass is 9.92. The van der Waals surface area contributed by atoms with Crippen molar-refractivity contribution in [2.45, 2.75) is 37.4 Å². The number of alkyl halides is 1. The summed E-state index contributed by atoms with van der Waals surface area (Å²) in [6.45, 7) is 2.01. The van der Waals surface area contributed by atoms with E-state index in [9.17, 15) is 4.39 Å². The van der Waals surface area contributed by atoms with E-state index in [1.807, 2.05) is 11.8 Å². The van der Waals surface area contributed by atoms with E-state index in [1.165, 1.54) is 24.3 Å². The van der Waals surface area contributed by atoms with E-state index in [4.69, 9.17) is 5.73 Å². The monoisotopic (exact) mass is 232 g/mol. The van der Waals surface area contributed by atoms with Crippen LogP contribution in [-0.4, -0.2) is 47.8 Å². The molecule has 0 bridgehead atoms. The maximum Gasteiger partial charge on any atom is 0.125 e. The predicted octanol–water partition coefficient (Wildman–Crippen LogP) is 1.64. The van der Waals surface area contributed by atoms with Gasteiger partial charge in [-0.1, -0.05) is 0 Å². The van der Waals surface area contributed by atoms with Crippen LogP contribution in [0.25, 0.3) is 0 Å². The highest BCUT2D eigenvalue weighted by Gasteiger charge is 2.35. The zero-order valence-electron chi connectivity index (χ0n) is 9.25. The molecule has 2 heterocycles. The van der Waals surface area contributed by atoms with Gasteiger partial charge in [0.25, 0.3) is 0 Å². The van der Waals surface area contributed by atoms with Crippen molar-refractivity contribution in [3.05, 3.63) is 0 Å². The smallest absolute Gasteiger partial charge is 0.125 e. The standard InChI is InChI=1S/C11H21FN2S/c12-11(9-13)3-5-14(6-4-11)10-1-7-15-8-2-10/h10H,1-9,13H2. The molecule has 2 rings (SSSR count). The van der Waals surface area contributed by atoms with Gasteiger partial charge in [0.2, 0.25) is 0 Å². The van der Waals surface area contributed by atoms with E-state index in [-0.39, 0.29) is 6.54 Å². The average molecular weight is 232 g/mol. The second-order valence-corrected chi connectivity index (χ2v) is 5.96. The molecule has 0 aliphatic carbocycles. The third kappa shape index (κ3) is 2.86. The Morgan fingerprint density at radius 2 is 1.87 bits per heavy atom. The van der Waals surface area contributed by atoms with Gasteiger partial charge in [0, 0.05) is 25.7 Å². The summed E-state index contributed by atoms with van der Waals surface area (Å²) in [5.74, 6) is 2.55. The fourth-order valence-electron chi connectivity index (χ4n) is 2.54. The van der Waals surface area contributed by atoms with E-state index in [0.29, 0.717) is 18.9 Å². The number of piperidine rings is 1. The summed E-state index contributed by atoms with van der Waals surface area (Å²) < 4.78 is 13.9. The number of nitrogens with zero attached hydrogens (tertiary/aromatic N) is 1. The fraction of sp³-hybridized carbons (Fsp3) is 1.00. The summed E-state index contributed by atoms with van der Waals surface area (Å²) in [5.41, 5.74) is 4.40. The van der Waals surface area contributed by atoms with Crippen molar-refractivity contribution in [2.75, 3.05) is 31.1 Å². The van der Waals surface area contributed by atoms with Gasteiger partial charge >= 0.3 is 0 Å². The molecule has 0 aromatic rings. The predicted molar refractivity (Wildman–Crippen MR) is 64.0 cm³/mol. The molecular formula is C11H21FN2S. The second kappa shape index (κ2) is 5.02. The molecule has 0 unspecified atom stereocenters. The summed E-state index contributed by atoms with van der Waals surface area (Å²) in [4.78, 5) is 2.48. The molecule has 0 amide bonds. The van der Waals surface area contributed by atoms with Gasteiger partial charge in [-0.2, -0.15) is 11.8 Å². The second-order valence-electron chi connectivity index (χ2n) is 4.73. The summed E-state index contributed by atoms with van der Waals surface area (Å²) in [7, 11) is 0. The number of likely N-dealkylation sites (tertiary alicyclic amines) is 1. The van der Waals surface area contributed by atoms with Gasteiger partial charge in [-0.25, -0.2) is 4.39 Å². The molecule has 2 saturated heterocycles. The Morgan fingerprint density at radius 1 is 1.27 bits per heavy atom. The number of hydrogen-bond donors (Lipinski definition) is 1. The van der Waals surface area contributed by atoms with E-state index in [1.54, 1.807) is 0 Å². The first kappa shape index (κ1) is 11.7. The van der Waals surface area contributed by atoms with Crippen LogP contribution in [0.5, 0.6) is 0 Å². The van der Waals surface area contributed by atoms with E-state index < -0.39 is 5.67 Å². The Bertz CT molecular complexity index is 199. The van der Waals surface area contributed by atoms with E-state index in [2.05, 4.69) is 4.90 Å². The van der Waals surface area contributed by atoms with Gasteiger partial charge in [0.1, 0.15) is 5.67 Å². The minimum Gasteiger partial charge on any atom is -0.328 e. The number of thioether (sulfide) groups is 1. The van der Waals surface area contributed by atoms with Crippen molar-refractivity contribution in [1.29, 1.82) is 0 Å². The van der Waals surface area contributed by atoms with Crippen LogP contribution < -0.4 is 5.73 Å². The molecule has 0 radical (unpaired) electrons. The van der Waals surface area contributed by atoms with Crippen molar-refractivity contribution in [3.63, 3.8) is 0 Å². The van der Waals surface area contributed by atoms with Crippen molar-refractivity contribution < 1.29 is 4.39 Å². The van der Waals surface area contributed by atoms with Gasteiger partial charge in [0.05, 0.1) is 0 Å². The molecule has 2 fully saturated rings. The fourth-order valence-corrected chi connectivity index (χ4v) is 3.63. The van der Waals surface area contributed by atoms with Crippen molar-refractivity contribution in [2.24, 2.45) is 5.73 Å². The third-order valence-corrected chi connectivity index (χ3v) is 4.82. The number of hydrogen-bond acceptors (Lipinski definition) is 3. The maximum absolute atomic E-state index is 13.9. The van der Waals surface area contributed by atoms with Gasteiger partial charge in [-0.3, -0.25) is 0 Å². The quantitative estimate of drug-likeness (QED) is 0.785. The van der Waals surface area contributed by atoms with E-state index in [0.717, 1.165) is 13.1 Å². The SMILES string of the molecule is NCC1(F)CCN(C2CCSCC2)CC1. The first-order chi connectivity index (χ1) is 7.23. The van der Waals surface area contributed by atoms with Crippen LogP contribution in [0.1, 0.15) is 25.7 Å². The first-order valence-corrected chi connectivity index (χ1v) is 7.10. The highest BCUT2D eigenvalue weighted by atomic mass is 32.2. The van der Waals surface area contributed by atoms with Crippen LogP contribution in [0, 0.1) is 0 Å². The molecule has 15 heavy (non-hydrogen) atoms. The molecule has 0 spiro atoms. The zero-order chi connectivity index (χ0) is 10.7. The van der Waals surface area contributed by atoms with E-state index >= 15 is 0 Å². The average Bonchev–Trinajstić information content (AvgIpc) is 2.31. The molecule has 4 heteroatoms. The lowest BCUT2D eigenvalue weighted by Crippen LogP contribution is -2.50. The number of nitrogens with two attached hydrogens (primary N) is 1. The van der Waals surface area contributed by atoms with Gasteiger partial charge < -0.3 is 10.6 Å². The molecule has 0 atom stereocenters. The van der Waals surface area contributed by atoms with Gasteiger partial charge in [-0.05, 0) is 37.2 Å². The number of halogens is 1. The molecule has 2 aliphatic rings. The molecular weight excluding hydrogens is 211 g/mol. The number of rotatable bonds is 2. The Labute approximate surface area is 95.8 Å². The molecule has 2 nitrogen and oxygen atoms in total. The summed E-state index contributed by atoms with van der Waals surface area (Å²) in [6, 6.07) is 0.716. The minimum absolute atomic E-state index is 0.196. The first-order valence-electron chi connectivity index (χ1n) is 5.94. The topological polar surface area (TPSA) is 29.3 Å². The normalized spacial score (nSPS) is 29.2. The lowest BCUT2D eigenvalue weighted by molar-refractivity contribution is 0.0421. The molecule has 2 N–H and O–H groups in total. The van der Waals surface area contributed by atoms with Crippen LogP contribution in [-0.2, 0) is 0 Å². The largest absolute Gasteiger partial charge is 0.328 e. The summed E-state index contributed by atoms with van der Waals surface area (Å²) >= 11 is 2.05. The van der Waals surface area contributed by atoms with Crippen molar-refractivity contribution in [1.82, 2.24) is 4.90 Å². The molecule has 0 aromatic heterocycles. The van der Waals surface area contributed by atoms with Crippen LogP contribution in [0.3, 0.4) is 0 Å². The Kier molecular flexibility index (Phi) is 3.91. The molecule has 0 saturated carbocycles. The molecule has 2 aliphatic heterocycles. The Hall–Kier alpha value is 0.200. The maximum atomic E-state index is 13.9. The minimum atomic E-state index is -1.07. The van der Waals surface area contributed by atoms with Crippen LogP contribution in [0.2, 0.25) is 0 Å². The molecule has 0 aromatic carbocycles.